The minimum absolute atomic E-state index is 0.0193. The third kappa shape index (κ3) is 4.25. The lowest BCUT2D eigenvalue weighted by Crippen LogP contribution is -2.52. The highest BCUT2D eigenvalue weighted by Gasteiger charge is 2.52. The van der Waals surface area contributed by atoms with Gasteiger partial charge in [-0.25, -0.2) is 4.79 Å². The highest BCUT2D eigenvalue weighted by atomic mass is 16.5. The lowest BCUT2D eigenvalue weighted by molar-refractivity contribution is -0.157. The summed E-state index contributed by atoms with van der Waals surface area (Å²) in [6.07, 6.45) is 1.46. The number of carbonyl (C=O) groups is 2. The lowest BCUT2D eigenvalue weighted by atomic mass is 9.55. The number of carbonyl (C=O) groups excluding carboxylic acids is 1. The van der Waals surface area contributed by atoms with Gasteiger partial charge in [-0.3, -0.25) is 4.79 Å². The van der Waals surface area contributed by atoms with Crippen LogP contribution in [-0.4, -0.2) is 30.3 Å². The van der Waals surface area contributed by atoms with Gasteiger partial charge in [-0.15, -0.1) is 0 Å². The molecule has 2 aliphatic rings. The molecular formula is C27H33NO4. The van der Waals surface area contributed by atoms with Gasteiger partial charge in [0.05, 0.1) is 5.41 Å². The van der Waals surface area contributed by atoms with Crippen LogP contribution >= 0.6 is 0 Å². The van der Waals surface area contributed by atoms with Crippen molar-refractivity contribution in [2.75, 3.05) is 13.2 Å². The zero-order chi connectivity index (χ0) is 23.1. The fourth-order valence-electron chi connectivity index (χ4n) is 6.56. The highest BCUT2D eigenvalue weighted by Crippen LogP contribution is 2.54. The standard InChI is InChI=1S/C27H33NO4/c1-25(2)14-26(3,4)16-27(15-25,23(29)30)17-28-24(31)32-13-22-20-11-7-5-9-18(20)19-10-6-8-12-21(19)22/h5-12,22H,13-17H2,1-4H3,(H,28,31)(H,29,30). The molecule has 2 aromatic rings. The predicted molar refractivity (Wildman–Crippen MR) is 125 cm³/mol. The number of ether oxygens (including phenoxy) is 1. The van der Waals surface area contributed by atoms with E-state index >= 15 is 0 Å². The Bertz CT molecular complexity index is 978. The molecule has 5 heteroatoms. The van der Waals surface area contributed by atoms with Crippen LogP contribution in [0.3, 0.4) is 0 Å². The molecule has 0 unspecified atom stereocenters. The lowest BCUT2D eigenvalue weighted by Gasteiger charge is -2.50. The van der Waals surface area contributed by atoms with Crippen molar-refractivity contribution in [3.8, 4) is 11.1 Å². The van der Waals surface area contributed by atoms with Gasteiger partial charge in [0.15, 0.2) is 0 Å². The molecule has 4 rings (SSSR count). The van der Waals surface area contributed by atoms with Crippen molar-refractivity contribution < 1.29 is 19.4 Å². The number of carboxylic acids is 1. The van der Waals surface area contributed by atoms with Gasteiger partial charge < -0.3 is 15.2 Å². The van der Waals surface area contributed by atoms with Crippen molar-refractivity contribution in [3.63, 3.8) is 0 Å². The molecule has 2 aliphatic carbocycles. The van der Waals surface area contributed by atoms with E-state index < -0.39 is 17.5 Å². The molecule has 1 amide bonds. The number of rotatable bonds is 5. The van der Waals surface area contributed by atoms with Crippen LogP contribution in [0, 0.1) is 16.2 Å². The Morgan fingerprint density at radius 2 is 1.41 bits per heavy atom. The molecule has 0 atom stereocenters. The number of benzene rings is 2. The predicted octanol–water partition coefficient (Wildman–Crippen LogP) is 5.83. The number of amides is 1. The monoisotopic (exact) mass is 435 g/mol. The smallest absolute Gasteiger partial charge is 0.407 e. The molecule has 0 bridgehead atoms. The van der Waals surface area contributed by atoms with Crippen LogP contribution in [0.5, 0.6) is 0 Å². The summed E-state index contributed by atoms with van der Waals surface area (Å²) < 4.78 is 5.62. The fourth-order valence-corrected chi connectivity index (χ4v) is 6.56. The molecule has 2 N–H and O–H groups in total. The topological polar surface area (TPSA) is 75.6 Å². The van der Waals surface area contributed by atoms with E-state index in [-0.39, 0.29) is 29.9 Å². The molecule has 0 aromatic heterocycles. The molecule has 1 saturated carbocycles. The van der Waals surface area contributed by atoms with Gasteiger partial charge in [0.1, 0.15) is 6.61 Å². The molecule has 32 heavy (non-hydrogen) atoms. The summed E-state index contributed by atoms with van der Waals surface area (Å²) in [5, 5.41) is 12.9. The number of nitrogens with one attached hydrogen (secondary N) is 1. The summed E-state index contributed by atoms with van der Waals surface area (Å²) in [4.78, 5) is 24.9. The summed E-state index contributed by atoms with van der Waals surface area (Å²) in [6.45, 7) is 8.73. The zero-order valence-electron chi connectivity index (χ0n) is 19.4. The first-order chi connectivity index (χ1) is 15.0. The molecule has 0 heterocycles. The van der Waals surface area contributed by atoms with Crippen LogP contribution in [0.4, 0.5) is 4.79 Å². The maximum atomic E-state index is 12.6. The second-order valence-electron chi connectivity index (χ2n) is 11.1. The normalized spacial score (nSPS) is 20.1. The summed E-state index contributed by atoms with van der Waals surface area (Å²) in [5.41, 5.74) is 3.45. The van der Waals surface area contributed by atoms with Crippen molar-refractivity contribution in [1.82, 2.24) is 5.32 Å². The number of hydrogen-bond acceptors (Lipinski definition) is 3. The summed E-state index contributed by atoms with van der Waals surface area (Å²) >= 11 is 0. The summed E-state index contributed by atoms with van der Waals surface area (Å²) in [7, 11) is 0. The van der Waals surface area contributed by atoms with E-state index in [9.17, 15) is 14.7 Å². The fraction of sp³-hybridized carbons (Fsp3) is 0.481. The van der Waals surface area contributed by atoms with Crippen LogP contribution in [-0.2, 0) is 9.53 Å². The second kappa shape index (κ2) is 7.95. The first-order valence-corrected chi connectivity index (χ1v) is 11.3. The van der Waals surface area contributed by atoms with Crippen molar-refractivity contribution in [3.05, 3.63) is 59.7 Å². The van der Waals surface area contributed by atoms with Gasteiger partial charge in [0.25, 0.3) is 0 Å². The third-order valence-electron chi connectivity index (χ3n) is 6.96. The quantitative estimate of drug-likeness (QED) is 0.619. The second-order valence-corrected chi connectivity index (χ2v) is 11.1. The van der Waals surface area contributed by atoms with Crippen LogP contribution in [0.25, 0.3) is 11.1 Å². The number of aliphatic carboxylic acids is 1. The number of carboxylic acid groups (broad SMARTS) is 1. The maximum absolute atomic E-state index is 12.6. The van der Waals surface area contributed by atoms with Gasteiger partial charge in [-0.2, -0.15) is 0 Å². The van der Waals surface area contributed by atoms with Crippen molar-refractivity contribution in [1.29, 1.82) is 0 Å². The van der Waals surface area contributed by atoms with Crippen molar-refractivity contribution >= 4 is 12.1 Å². The van der Waals surface area contributed by atoms with E-state index in [1.807, 2.05) is 24.3 Å². The minimum Gasteiger partial charge on any atom is -0.481 e. The van der Waals surface area contributed by atoms with Gasteiger partial charge in [0, 0.05) is 12.5 Å². The highest BCUT2D eigenvalue weighted by molar-refractivity contribution is 5.79. The van der Waals surface area contributed by atoms with Crippen molar-refractivity contribution in [2.24, 2.45) is 16.2 Å². The first-order valence-electron chi connectivity index (χ1n) is 11.3. The molecule has 0 radical (unpaired) electrons. The number of alkyl carbamates (subject to hydrolysis) is 1. The Labute approximate surface area is 190 Å². The van der Waals surface area contributed by atoms with Crippen molar-refractivity contribution in [2.45, 2.75) is 52.9 Å². The molecule has 0 saturated heterocycles. The Kier molecular flexibility index (Phi) is 5.56. The van der Waals surface area contributed by atoms with Crippen LogP contribution < -0.4 is 5.32 Å². The summed E-state index contributed by atoms with van der Waals surface area (Å²) in [5.74, 6) is -0.869. The van der Waals surface area contributed by atoms with E-state index in [1.165, 1.54) is 11.1 Å². The molecule has 5 nitrogen and oxygen atoms in total. The molecular weight excluding hydrogens is 402 g/mol. The average molecular weight is 436 g/mol. The molecule has 1 fully saturated rings. The Balaban J connectivity index is 1.44. The largest absolute Gasteiger partial charge is 0.481 e. The molecule has 0 aliphatic heterocycles. The first kappa shape index (κ1) is 22.4. The maximum Gasteiger partial charge on any atom is 0.407 e. The van der Waals surface area contributed by atoms with E-state index in [1.54, 1.807) is 0 Å². The van der Waals surface area contributed by atoms with Crippen LogP contribution in [0.15, 0.2) is 48.5 Å². The van der Waals surface area contributed by atoms with Gasteiger partial charge >= 0.3 is 12.1 Å². The zero-order valence-corrected chi connectivity index (χ0v) is 19.4. The van der Waals surface area contributed by atoms with Crippen LogP contribution in [0.1, 0.15) is 64.0 Å². The van der Waals surface area contributed by atoms with Gasteiger partial charge in [-0.05, 0) is 52.3 Å². The average Bonchev–Trinajstić information content (AvgIpc) is 3.02. The van der Waals surface area contributed by atoms with E-state index in [0.29, 0.717) is 12.8 Å². The number of hydrogen-bond donors (Lipinski definition) is 2. The Hall–Kier alpha value is -2.82. The van der Waals surface area contributed by atoms with E-state index in [2.05, 4.69) is 57.3 Å². The molecule has 2 aromatic carbocycles. The molecule has 170 valence electrons. The Morgan fingerprint density at radius 3 is 1.91 bits per heavy atom. The van der Waals surface area contributed by atoms with Gasteiger partial charge in [0.2, 0.25) is 0 Å². The third-order valence-corrected chi connectivity index (χ3v) is 6.96. The minimum atomic E-state index is -0.989. The summed E-state index contributed by atoms with van der Waals surface area (Å²) in [6, 6.07) is 16.4. The van der Waals surface area contributed by atoms with E-state index in [4.69, 9.17) is 4.74 Å². The Morgan fingerprint density at radius 1 is 0.906 bits per heavy atom. The van der Waals surface area contributed by atoms with Gasteiger partial charge in [-0.1, -0.05) is 76.2 Å². The molecule has 0 spiro atoms. The van der Waals surface area contributed by atoms with E-state index in [0.717, 1.165) is 17.5 Å². The van der Waals surface area contributed by atoms with Crippen LogP contribution in [0.2, 0.25) is 0 Å². The SMILES string of the molecule is CC1(C)CC(C)(C)CC(CNC(=O)OCC2c3ccccc3-c3ccccc32)(C(=O)O)C1. The number of fused-ring (bicyclic) bond motifs is 3.